The third-order valence-electron chi connectivity index (χ3n) is 6.34. The zero-order valence-electron chi connectivity index (χ0n) is 18.6. The average molecular weight is 490 g/mol. The van der Waals surface area contributed by atoms with Crippen LogP contribution in [0.4, 0.5) is 11.6 Å². The van der Waals surface area contributed by atoms with Gasteiger partial charge in [0.2, 0.25) is 10.0 Å². The lowest BCUT2D eigenvalue weighted by molar-refractivity contribution is 0.188. The Morgan fingerprint density at radius 1 is 0.912 bits per heavy atom. The summed E-state index contributed by atoms with van der Waals surface area (Å²) < 4.78 is 32.6. The molecule has 34 heavy (non-hydrogen) atoms. The fourth-order valence-corrected chi connectivity index (χ4v) is 5.84. The second kappa shape index (κ2) is 9.33. The van der Waals surface area contributed by atoms with Crippen LogP contribution in [0.25, 0.3) is 11.1 Å². The number of aliphatic hydroxyl groups excluding tert-OH is 1. The Hall–Kier alpha value is -3.00. The first-order valence-corrected chi connectivity index (χ1v) is 12.7. The molecule has 3 aromatic rings. The average Bonchev–Trinajstić information content (AvgIpc) is 3.24. The lowest BCUT2D eigenvalue weighted by atomic mass is 10.3. The van der Waals surface area contributed by atoms with Gasteiger partial charge in [0.15, 0.2) is 17.2 Å². The molecule has 2 N–H and O–H groups in total. The molecule has 2 aromatic heterocycles. The fourth-order valence-electron chi connectivity index (χ4n) is 4.40. The summed E-state index contributed by atoms with van der Waals surface area (Å²) in [4.78, 5) is 20.4. The molecular weight excluding hydrogens is 462 g/mol. The molecule has 0 aliphatic carbocycles. The van der Waals surface area contributed by atoms with E-state index in [9.17, 15) is 13.2 Å². The topological polar surface area (TPSA) is 139 Å². The highest BCUT2D eigenvalue weighted by atomic mass is 32.2. The molecule has 0 atom stereocenters. The molecule has 12 nitrogen and oxygen atoms in total. The molecule has 0 amide bonds. The molecule has 5 rings (SSSR count). The van der Waals surface area contributed by atoms with Gasteiger partial charge in [-0.15, -0.1) is 10.2 Å². The maximum Gasteiger partial charge on any atom is 0.417 e. The lowest BCUT2D eigenvalue weighted by Crippen LogP contribution is -2.49. The van der Waals surface area contributed by atoms with Gasteiger partial charge in [-0.05, 0) is 30.3 Å². The monoisotopic (exact) mass is 489 g/mol. The molecule has 2 fully saturated rings. The summed E-state index contributed by atoms with van der Waals surface area (Å²) in [6.45, 7) is 5.92. The largest absolute Gasteiger partial charge is 0.417 e. The second-order valence-electron chi connectivity index (χ2n) is 8.37. The summed E-state index contributed by atoms with van der Waals surface area (Å²) in [7, 11) is -3.70. The zero-order valence-corrected chi connectivity index (χ0v) is 19.4. The summed E-state index contributed by atoms with van der Waals surface area (Å²) in [5.74, 6) is 0.924. The summed E-state index contributed by atoms with van der Waals surface area (Å²) in [5, 5.41) is 17.9. The molecular formula is C21H27N7O5S. The molecule has 4 heterocycles. The van der Waals surface area contributed by atoms with E-state index >= 15 is 0 Å². The van der Waals surface area contributed by atoms with Gasteiger partial charge in [0.1, 0.15) is 0 Å². The smallest absolute Gasteiger partial charge is 0.408 e. The van der Waals surface area contributed by atoms with Gasteiger partial charge in [-0.1, -0.05) is 0 Å². The van der Waals surface area contributed by atoms with Gasteiger partial charge in [0.05, 0.1) is 17.0 Å². The van der Waals surface area contributed by atoms with Crippen molar-refractivity contribution < 1.29 is 17.9 Å². The summed E-state index contributed by atoms with van der Waals surface area (Å²) in [6.07, 6.45) is 0. The van der Waals surface area contributed by atoms with Gasteiger partial charge in [0, 0.05) is 58.9 Å². The number of nitrogens with one attached hydrogen (secondary N) is 1. The Kier molecular flexibility index (Phi) is 6.25. The Labute approximate surface area is 196 Å². The minimum absolute atomic E-state index is 0.119. The second-order valence-corrected chi connectivity index (χ2v) is 10.3. The van der Waals surface area contributed by atoms with Crippen molar-refractivity contribution in [2.75, 3.05) is 75.3 Å². The fraction of sp³-hybridized carbons (Fsp3) is 0.476. The van der Waals surface area contributed by atoms with Crippen LogP contribution < -0.4 is 15.6 Å². The van der Waals surface area contributed by atoms with Gasteiger partial charge in [-0.25, -0.2) is 13.2 Å². The highest BCUT2D eigenvalue weighted by Crippen LogP contribution is 2.23. The zero-order chi connectivity index (χ0) is 23.7. The van der Waals surface area contributed by atoms with E-state index in [-0.39, 0.29) is 11.5 Å². The van der Waals surface area contributed by atoms with E-state index in [0.717, 1.165) is 37.8 Å². The number of aliphatic hydroxyl groups is 1. The number of aromatic nitrogens is 3. The minimum atomic E-state index is -3.70. The molecule has 0 bridgehead atoms. The molecule has 13 heteroatoms. The predicted molar refractivity (Wildman–Crippen MR) is 126 cm³/mol. The minimum Gasteiger partial charge on any atom is -0.408 e. The number of β-amino-alcohol motifs (C(OH)–C–C–N with tert-alkyl or cyclic N) is 1. The van der Waals surface area contributed by atoms with E-state index in [1.807, 2.05) is 17.0 Å². The van der Waals surface area contributed by atoms with Crippen LogP contribution >= 0.6 is 0 Å². The van der Waals surface area contributed by atoms with Crippen molar-refractivity contribution in [1.82, 2.24) is 24.4 Å². The third-order valence-corrected chi connectivity index (χ3v) is 8.23. The van der Waals surface area contributed by atoms with E-state index in [1.54, 1.807) is 0 Å². The number of rotatable bonds is 6. The number of benzene rings is 1. The number of hydrogen-bond acceptors (Lipinski definition) is 10. The normalized spacial score (nSPS) is 18.6. The van der Waals surface area contributed by atoms with Crippen LogP contribution in [0.5, 0.6) is 0 Å². The van der Waals surface area contributed by atoms with E-state index in [0.29, 0.717) is 43.8 Å². The first-order chi connectivity index (χ1) is 16.4. The van der Waals surface area contributed by atoms with Crippen molar-refractivity contribution in [3.05, 3.63) is 40.9 Å². The maximum absolute atomic E-state index is 13.1. The highest BCUT2D eigenvalue weighted by Gasteiger charge is 2.29. The Morgan fingerprint density at radius 2 is 1.53 bits per heavy atom. The van der Waals surface area contributed by atoms with Crippen molar-refractivity contribution >= 4 is 32.8 Å². The van der Waals surface area contributed by atoms with Crippen molar-refractivity contribution in [2.24, 2.45) is 0 Å². The predicted octanol–water partition coefficient (Wildman–Crippen LogP) is -0.464. The number of hydrogen-bond donors (Lipinski definition) is 2. The van der Waals surface area contributed by atoms with Crippen molar-refractivity contribution in [3.63, 3.8) is 0 Å². The van der Waals surface area contributed by atoms with Crippen LogP contribution in [-0.4, -0.2) is 103 Å². The van der Waals surface area contributed by atoms with Gasteiger partial charge in [-0.2, -0.15) is 4.31 Å². The molecule has 0 spiro atoms. The molecule has 1 aromatic carbocycles. The molecule has 182 valence electrons. The first-order valence-electron chi connectivity index (χ1n) is 11.2. The van der Waals surface area contributed by atoms with Crippen LogP contribution in [0.15, 0.2) is 44.4 Å². The van der Waals surface area contributed by atoms with Gasteiger partial charge in [0.25, 0.3) is 0 Å². The number of fused-ring (bicyclic) bond motifs is 1. The molecule has 2 saturated heterocycles. The molecule has 0 saturated carbocycles. The van der Waals surface area contributed by atoms with Gasteiger partial charge in [-0.3, -0.25) is 9.88 Å². The van der Waals surface area contributed by atoms with Crippen LogP contribution in [0.1, 0.15) is 0 Å². The summed E-state index contributed by atoms with van der Waals surface area (Å²) in [5.41, 5.74) is 0.678. The van der Waals surface area contributed by atoms with Crippen molar-refractivity contribution in [2.45, 2.75) is 4.90 Å². The van der Waals surface area contributed by atoms with Crippen molar-refractivity contribution in [1.29, 1.82) is 0 Å². The number of sulfonamides is 1. The van der Waals surface area contributed by atoms with Crippen LogP contribution in [0.3, 0.4) is 0 Å². The molecule has 2 aliphatic heterocycles. The Morgan fingerprint density at radius 3 is 2.12 bits per heavy atom. The van der Waals surface area contributed by atoms with Crippen LogP contribution in [-0.2, 0) is 10.0 Å². The molecule has 0 unspecified atom stereocenters. The number of nitrogens with zero attached hydrogens (tertiary/aromatic N) is 6. The van der Waals surface area contributed by atoms with Gasteiger partial charge >= 0.3 is 5.76 Å². The van der Waals surface area contributed by atoms with Crippen LogP contribution in [0.2, 0.25) is 0 Å². The molecule has 0 radical (unpaired) electrons. The van der Waals surface area contributed by atoms with Crippen LogP contribution in [0, 0.1) is 0 Å². The lowest BCUT2D eigenvalue weighted by Gasteiger charge is -2.36. The third kappa shape index (κ3) is 4.51. The highest BCUT2D eigenvalue weighted by molar-refractivity contribution is 7.89. The first kappa shape index (κ1) is 22.8. The number of piperazine rings is 2. The summed E-state index contributed by atoms with van der Waals surface area (Å²) in [6, 6.07) is 8.24. The van der Waals surface area contributed by atoms with Crippen molar-refractivity contribution in [3.8, 4) is 0 Å². The number of aromatic amines is 1. The Bertz CT molecular complexity index is 1290. The SMILES string of the molecule is O=c1[nH]c2cc(S(=O)(=O)N3CCN(c4ccc(N5CCN(CCO)CC5)nn4)CC3)ccc2o1. The van der Waals surface area contributed by atoms with Gasteiger partial charge < -0.3 is 19.3 Å². The van der Waals surface area contributed by atoms with E-state index < -0.39 is 15.8 Å². The van der Waals surface area contributed by atoms with E-state index in [1.165, 1.54) is 22.5 Å². The number of H-pyrrole nitrogens is 1. The Balaban J connectivity index is 1.20. The number of oxazole rings is 1. The number of anilines is 2. The maximum atomic E-state index is 13.1. The van der Waals surface area contributed by atoms with E-state index in [2.05, 4.69) is 25.0 Å². The standard InChI is InChI=1S/C21H27N7O5S/c29-14-13-25-5-7-26(8-6-25)19-3-4-20(24-23-19)27-9-11-28(12-10-27)34(31,32)16-1-2-18-17(15-16)22-21(30)33-18/h1-4,15,29H,5-14H2,(H,22,30). The summed E-state index contributed by atoms with van der Waals surface area (Å²) >= 11 is 0. The quantitative estimate of drug-likeness (QED) is 0.467. The molecule has 2 aliphatic rings. The van der Waals surface area contributed by atoms with E-state index in [4.69, 9.17) is 9.52 Å².